The largest absolute Gasteiger partial charge is 0.508 e. The Morgan fingerprint density at radius 2 is 1.36 bits per heavy atom. The van der Waals surface area contributed by atoms with E-state index in [0.29, 0.717) is 96.1 Å². The van der Waals surface area contributed by atoms with E-state index in [2.05, 4.69) is 58.5 Å². The van der Waals surface area contributed by atoms with Crippen molar-refractivity contribution in [1.82, 2.24) is 63.4 Å². The first-order valence-electron chi connectivity index (χ1n) is 32.6. The number of benzene rings is 2. The standard InChI is InChI=1S/C64H98ClN13O14S2/c1-39(2)21-44-25-47(80)29-73-59(89)45(22-42-9-13-53(82)49(65)23-42)27-55(84)52-28-48(81)30-78(52)62(92)51(32-94-93-31-40(3)74-61(44)91)76-60(90)43(10-14-58(87)88)26-54(83)50(24-41-7-11-46(79)12-8-41)75-56(85)5-4-6-57(86)77-64-36-70-18-15-67-33-63(66,34-68-16-19-71-37-64)35-69-17-20-72-38-64/h7-9,11-13,23,39-40,43-45,48,50-52,67-72,79,81-82H,4-6,10,14-22,24-38,66H2,1-3H3,(H,73,89)(H,74,91)(H,75,85)(H,76,90)(H,77,86)(H,87,88)/t40-,43+,44-,45-,48-,50+,51+,52+,63?,64?/m1/s1. The molecular weight excluding hydrogens is 1270 g/mol. The third-order valence-electron chi connectivity index (χ3n) is 17.0. The minimum Gasteiger partial charge on any atom is -0.508 e. The fourth-order valence-corrected chi connectivity index (χ4v) is 14.7. The number of hydrogen-bond acceptors (Lipinski definition) is 22. The molecule has 0 unspecified atom stereocenters. The van der Waals surface area contributed by atoms with Crippen molar-refractivity contribution in [3.63, 3.8) is 0 Å². The van der Waals surface area contributed by atoms with Crippen LogP contribution in [-0.4, -0.2) is 229 Å². The highest BCUT2D eigenvalue weighted by Crippen LogP contribution is 2.30. The van der Waals surface area contributed by atoms with Crippen molar-refractivity contribution in [2.45, 2.75) is 139 Å². The summed E-state index contributed by atoms with van der Waals surface area (Å²) in [6, 6.07) is 5.68. The fourth-order valence-electron chi connectivity index (χ4n) is 12.0. The lowest BCUT2D eigenvalue weighted by Crippen LogP contribution is -2.67. The number of aliphatic hydroxyl groups is 1. The van der Waals surface area contributed by atoms with E-state index in [9.17, 15) is 63.6 Å². The number of halogens is 1. The quantitative estimate of drug-likeness (QED) is 0.0737. The number of amides is 6. The number of aliphatic hydroxyl groups excluding tert-OH is 1. The Morgan fingerprint density at radius 1 is 0.766 bits per heavy atom. The van der Waals surface area contributed by atoms with Gasteiger partial charge in [-0.15, -0.1) is 0 Å². The predicted octanol–water partition coefficient (Wildman–Crippen LogP) is -0.592. The van der Waals surface area contributed by atoms with Crippen LogP contribution in [0, 0.1) is 23.7 Å². The molecule has 2 aromatic carbocycles. The van der Waals surface area contributed by atoms with E-state index in [-0.39, 0.29) is 104 Å². The third kappa shape index (κ3) is 26.2. The van der Waals surface area contributed by atoms with Gasteiger partial charge in [0.2, 0.25) is 35.4 Å². The number of fused-ring (bicyclic) bond motifs is 16. The summed E-state index contributed by atoms with van der Waals surface area (Å²) in [5.41, 5.74) is 6.48. The Kier molecular flexibility index (Phi) is 31.7. The van der Waals surface area contributed by atoms with Crippen LogP contribution >= 0.6 is 33.2 Å². The molecular formula is C64H98ClN13O14S2. The van der Waals surface area contributed by atoms with Gasteiger partial charge in [-0.1, -0.05) is 65.2 Å². The highest BCUT2D eigenvalue weighted by Gasteiger charge is 2.43. The van der Waals surface area contributed by atoms with Crippen LogP contribution in [0.1, 0.15) is 96.1 Å². The number of hydrogen-bond donors (Lipinski definition) is 16. The first-order chi connectivity index (χ1) is 44.8. The minimum absolute atomic E-state index is 0.0171. The molecule has 5 fully saturated rings. The van der Waals surface area contributed by atoms with Gasteiger partial charge in [0.15, 0.2) is 17.3 Å². The number of nitrogens with one attached hydrogen (secondary N) is 11. The number of nitrogens with two attached hydrogens (primary N) is 1. The summed E-state index contributed by atoms with van der Waals surface area (Å²) < 4.78 is 0. The smallest absolute Gasteiger partial charge is 0.303 e. The molecule has 8 atom stereocenters. The molecule has 0 aliphatic carbocycles. The second-order valence-electron chi connectivity index (χ2n) is 26.0. The molecule has 27 nitrogen and oxygen atoms in total. The summed E-state index contributed by atoms with van der Waals surface area (Å²) >= 11 is 6.24. The van der Waals surface area contributed by atoms with E-state index in [4.69, 9.17) is 17.3 Å². The molecule has 5 saturated heterocycles. The van der Waals surface area contributed by atoms with Crippen LogP contribution in [0.2, 0.25) is 5.02 Å². The second kappa shape index (κ2) is 38.7. The summed E-state index contributed by atoms with van der Waals surface area (Å²) in [4.78, 5) is 142. The molecule has 17 N–H and O–H groups in total. The van der Waals surface area contributed by atoms with Crippen molar-refractivity contribution in [3.8, 4) is 11.5 Å². The Labute approximate surface area is 562 Å². The van der Waals surface area contributed by atoms with Gasteiger partial charge in [-0.3, -0.25) is 47.9 Å². The lowest BCUT2D eigenvalue weighted by atomic mass is 9.90. The van der Waals surface area contributed by atoms with Gasteiger partial charge in [0.25, 0.3) is 0 Å². The van der Waals surface area contributed by atoms with Gasteiger partial charge >= 0.3 is 5.97 Å². The van der Waals surface area contributed by atoms with Gasteiger partial charge in [-0.05, 0) is 80.3 Å². The lowest BCUT2D eigenvalue weighted by Gasteiger charge is -2.37. The number of nitrogens with zero attached hydrogens (tertiary/aromatic N) is 1. The first-order valence-corrected chi connectivity index (χ1v) is 35.5. The van der Waals surface area contributed by atoms with Crippen LogP contribution in [0.25, 0.3) is 0 Å². The van der Waals surface area contributed by atoms with Gasteiger partial charge in [0, 0.05) is 165 Å². The summed E-state index contributed by atoms with van der Waals surface area (Å²) in [7, 11) is 2.41. The van der Waals surface area contributed by atoms with Crippen molar-refractivity contribution in [3.05, 3.63) is 58.6 Å². The minimum atomic E-state index is -1.45. The third-order valence-corrected chi connectivity index (χ3v) is 19.9. The van der Waals surface area contributed by atoms with E-state index in [1.54, 1.807) is 19.1 Å². The predicted molar refractivity (Wildman–Crippen MR) is 359 cm³/mol. The van der Waals surface area contributed by atoms with Crippen LogP contribution in [0.15, 0.2) is 42.5 Å². The highest BCUT2D eigenvalue weighted by atomic mass is 35.5. The maximum absolute atomic E-state index is 15.0. The normalized spacial score (nSPS) is 26.3. The molecule has 6 amide bonds. The number of ketones is 3. The Morgan fingerprint density at radius 3 is 1.97 bits per heavy atom. The molecule has 94 heavy (non-hydrogen) atoms. The van der Waals surface area contributed by atoms with Gasteiger partial charge in [-0.25, -0.2) is 0 Å². The molecule has 5 aliphatic heterocycles. The molecule has 7 rings (SSSR count). The van der Waals surface area contributed by atoms with E-state index >= 15 is 4.79 Å². The van der Waals surface area contributed by atoms with Crippen LogP contribution in [-0.2, 0) is 60.8 Å². The zero-order valence-corrected chi connectivity index (χ0v) is 56.5. The fraction of sp³-hybridized carbons (Fsp3) is 0.656. The molecule has 0 spiro atoms. The molecule has 0 radical (unpaired) electrons. The number of carbonyl (C=O) groups excluding carboxylic acids is 9. The molecule has 0 saturated carbocycles. The Hall–Kier alpha value is -5.99. The average Bonchev–Trinajstić information content (AvgIpc) is 1.62. The number of carbonyl (C=O) groups is 10. The van der Waals surface area contributed by atoms with E-state index in [0.717, 1.165) is 15.7 Å². The lowest BCUT2D eigenvalue weighted by molar-refractivity contribution is -0.142. The summed E-state index contributed by atoms with van der Waals surface area (Å²) in [6.45, 7) is 11.6. The number of Topliss-reactive ketones (excluding diaryl/α,β-unsaturated/α-hetero) is 3. The molecule has 522 valence electrons. The van der Waals surface area contributed by atoms with Crippen LogP contribution in [0.4, 0.5) is 0 Å². The van der Waals surface area contributed by atoms with Crippen molar-refractivity contribution in [2.75, 3.05) is 103 Å². The van der Waals surface area contributed by atoms with Crippen molar-refractivity contribution in [1.29, 1.82) is 0 Å². The zero-order chi connectivity index (χ0) is 68.4. The van der Waals surface area contributed by atoms with Gasteiger partial charge < -0.3 is 89.5 Å². The molecule has 5 aliphatic rings. The monoisotopic (exact) mass is 1370 g/mol. The molecule has 2 aromatic rings. The van der Waals surface area contributed by atoms with Crippen molar-refractivity contribution < 1.29 is 68.4 Å². The van der Waals surface area contributed by atoms with E-state index in [1.165, 1.54) is 41.1 Å². The summed E-state index contributed by atoms with van der Waals surface area (Å²) in [6.07, 6.45) is -3.64. The van der Waals surface area contributed by atoms with E-state index < -0.39 is 132 Å². The van der Waals surface area contributed by atoms with Crippen LogP contribution in [0.3, 0.4) is 0 Å². The van der Waals surface area contributed by atoms with Crippen LogP contribution < -0.4 is 64.2 Å². The number of carboxylic acid groups (broad SMARTS) is 1. The molecule has 2 bridgehead atoms. The maximum Gasteiger partial charge on any atom is 0.303 e. The number of aromatic hydroxyl groups is 2. The number of phenolic OH excluding ortho intramolecular Hbond substituents is 2. The number of phenols is 2. The Bertz CT molecular complexity index is 2860. The number of rotatable bonds is 20. The van der Waals surface area contributed by atoms with Gasteiger partial charge in [-0.2, -0.15) is 0 Å². The van der Waals surface area contributed by atoms with Crippen molar-refractivity contribution in [2.24, 2.45) is 29.4 Å². The SMILES string of the molecule is CC(C)C[C@@H]1CC(=O)CNC(=O)[C@H](Cc2ccc(O)c(Cl)c2)CC(=O)[C@@H]2C[C@@H](O)CN2C(=O)[C@@H](NC(=O)[C@@H](CCC(=O)O)CC(=O)[C@H](Cc2ccc(O)cc2)NC(=O)CCCC(=O)NC23CNCCNCC(N)(CNCCNC2)CNCCNC3)CSSC[C@@H](C)NC1=O. The highest BCUT2D eigenvalue weighted by molar-refractivity contribution is 8.76. The Balaban J connectivity index is 1.20. The average molecular weight is 1370 g/mol. The maximum atomic E-state index is 15.0. The molecule has 0 aromatic heterocycles. The van der Waals surface area contributed by atoms with Crippen molar-refractivity contribution >= 4 is 92.0 Å². The van der Waals surface area contributed by atoms with E-state index in [1.807, 2.05) is 13.8 Å². The second-order valence-corrected chi connectivity index (χ2v) is 28.9. The van der Waals surface area contributed by atoms with Gasteiger partial charge in [0.05, 0.1) is 40.8 Å². The topological polar surface area (TPSA) is 413 Å². The van der Waals surface area contributed by atoms with Gasteiger partial charge in [0.1, 0.15) is 17.5 Å². The first kappa shape index (κ1) is 77.0. The summed E-state index contributed by atoms with van der Waals surface area (Å²) in [5, 5.41) is 76.5. The molecule has 5 heterocycles. The summed E-state index contributed by atoms with van der Waals surface area (Å²) in [5.74, 6) is -10.0. The van der Waals surface area contributed by atoms with Crippen LogP contribution in [0.5, 0.6) is 11.5 Å². The zero-order valence-electron chi connectivity index (χ0n) is 54.1. The number of carboxylic acids is 1. The number of aliphatic carboxylic acids is 1. The molecule has 30 heteroatoms.